The average Bonchev–Trinajstić information content (AvgIpc) is 2.60. The van der Waals surface area contributed by atoms with Crippen molar-refractivity contribution in [2.24, 2.45) is 0 Å². The third-order valence-electron chi connectivity index (χ3n) is 3.77. The molecule has 0 saturated carbocycles. The number of nitrogens with zero attached hydrogens (tertiary/aromatic N) is 2. The second kappa shape index (κ2) is 6.80. The first-order valence-corrected chi connectivity index (χ1v) is 7.75. The molecular weight excluding hydrogens is 328 g/mol. The van der Waals surface area contributed by atoms with Gasteiger partial charge >= 0.3 is 0 Å². The molecule has 7 heteroatoms. The van der Waals surface area contributed by atoms with E-state index >= 15 is 0 Å². The minimum atomic E-state index is -1.10. The molecule has 0 bridgehead atoms. The number of rotatable bonds is 4. The second-order valence-electron chi connectivity index (χ2n) is 5.53. The number of benzene rings is 1. The molecule has 1 N–H and O–H groups in total. The SMILES string of the molecule is CCCn1c(C(=O)Nc2ccncc2)cc2cc(F)c(F)cc2c1=O. The van der Waals surface area contributed by atoms with Gasteiger partial charge in [-0.05, 0) is 42.1 Å². The van der Waals surface area contributed by atoms with Gasteiger partial charge in [0.15, 0.2) is 11.6 Å². The zero-order chi connectivity index (χ0) is 18.0. The van der Waals surface area contributed by atoms with E-state index in [1.54, 1.807) is 12.1 Å². The maximum absolute atomic E-state index is 13.5. The molecule has 0 atom stereocenters. The first kappa shape index (κ1) is 16.8. The number of halogens is 2. The first-order chi connectivity index (χ1) is 12.0. The predicted molar refractivity (Wildman–Crippen MR) is 90.6 cm³/mol. The van der Waals surface area contributed by atoms with Crippen LogP contribution in [0, 0.1) is 11.6 Å². The molecule has 0 radical (unpaired) electrons. The summed E-state index contributed by atoms with van der Waals surface area (Å²) in [6.07, 6.45) is 3.64. The highest BCUT2D eigenvalue weighted by atomic mass is 19.2. The lowest BCUT2D eigenvalue weighted by Gasteiger charge is -2.14. The van der Waals surface area contributed by atoms with Crippen LogP contribution >= 0.6 is 0 Å². The van der Waals surface area contributed by atoms with Crippen molar-refractivity contribution < 1.29 is 13.6 Å². The lowest BCUT2D eigenvalue weighted by atomic mass is 10.1. The van der Waals surface area contributed by atoms with E-state index in [1.807, 2.05) is 6.92 Å². The van der Waals surface area contributed by atoms with Gasteiger partial charge in [-0.25, -0.2) is 8.78 Å². The molecule has 128 valence electrons. The van der Waals surface area contributed by atoms with Crippen molar-refractivity contribution in [1.29, 1.82) is 0 Å². The molecular formula is C18H15F2N3O2. The molecule has 1 amide bonds. The van der Waals surface area contributed by atoms with Crippen LogP contribution < -0.4 is 10.9 Å². The fourth-order valence-corrected chi connectivity index (χ4v) is 2.61. The monoisotopic (exact) mass is 343 g/mol. The molecule has 1 aromatic carbocycles. The van der Waals surface area contributed by atoms with Gasteiger partial charge in [-0.15, -0.1) is 0 Å². The average molecular weight is 343 g/mol. The Morgan fingerprint density at radius 2 is 1.84 bits per heavy atom. The molecule has 0 aliphatic heterocycles. The summed E-state index contributed by atoms with van der Waals surface area (Å²) in [5, 5.41) is 2.88. The van der Waals surface area contributed by atoms with Gasteiger partial charge in [0.05, 0.1) is 5.39 Å². The van der Waals surface area contributed by atoms with Crippen molar-refractivity contribution in [3.63, 3.8) is 0 Å². The summed E-state index contributed by atoms with van der Waals surface area (Å²) in [5.74, 6) is -2.68. The first-order valence-electron chi connectivity index (χ1n) is 7.75. The van der Waals surface area contributed by atoms with E-state index in [0.29, 0.717) is 12.1 Å². The lowest BCUT2D eigenvalue weighted by molar-refractivity contribution is 0.101. The third kappa shape index (κ3) is 3.26. The number of nitrogens with one attached hydrogen (secondary N) is 1. The molecule has 0 unspecified atom stereocenters. The molecule has 5 nitrogen and oxygen atoms in total. The molecule has 2 heterocycles. The van der Waals surface area contributed by atoms with Gasteiger partial charge in [0.25, 0.3) is 11.5 Å². The molecule has 25 heavy (non-hydrogen) atoms. The predicted octanol–water partition coefficient (Wildman–Crippen LogP) is 3.34. The number of anilines is 1. The van der Waals surface area contributed by atoms with Crippen molar-refractivity contribution in [3.05, 3.63) is 70.4 Å². The van der Waals surface area contributed by atoms with Gasteiger partial charge in [-0.2, -0.15) is 0 Å². The normalized spacial score (nSPS) is 10.8. The summed E-state index contributed by atoms with van der Waals surface area (Å²) >= 11 is 0. The minimum Gasteiger partial charge on any atom is -0.321 e. The highest BCUT2D eigenvalue weighted by Gasteiger charge is 2.17. The topological polar surface area (TPSA) is 64.0 Å². The van der Waals surface area contributed by atoms with Crippen LogP contribution in [0.4, 0.5) is 14.5 Å². The number of aromatic nitrogens is 2. The molecule has 0 spiro atoms. The third-order valence-corrected chi connectivity index (χ3v) is 3.77. The Balaban J connectivity index is 2.15. The van der Waals surface area contributed by atoms with E-state index in [0.717, 1.165) is 12.1 Å². The van der Waals surface area contributed by atoms with Crippen LogP contribution in [0.15, 0.2) is 47.5 Å². The summed E-state index contributed by atoms with van der Waals surface area (Å²) in [5.41, 5.74) is 0.0705. The Hall–Kier alpha value is -3.09. The highest BCUT2D eigenvalue weighted by Crippen LogP contribution is 2.18. The highest BCUT2D eigenvalue weighted by molar-refractivity contribution is 6.05. The van der Waals surface area contributed by atoms with Crippen LogP contribution in [0.25, 0.3) is 10.8 Å². The fraction of sp³-hybridized carbons (Fsp3) is 0.167. The van der Waals surface area contributed by atoms with Gasteiger partial charge in [0, 0.05) is 24.6 Å². The second-order valence-corrected chi connectivity index (χ2v) is 5.53. The molecule has 0 saturated heterocycles. The van der Waals surface area contributed by atoms with Crippen molar-refractivity contribution in [2.75, 3.05) is 5.32 Å². The Morgan fingerprint density at radius 1 is 1.16 bits per heavy atom. The van der Waals surface area contributed by atoms with Crippen LogP contribution in [0.5, 0.6) is 0 Å². The zero-order valence-electron chi connectivity index (χ0n) is 13.4. The number of carbonyl (C=O) groups is 1. The number of fused-ring (bicyclic) bond motifs is 1. The standard InChI is InChI=1S/C18H15F2N3O2/c1-2-7-23-16(17(24)22-12-3-5-21-6-4-12)9-11-8-14(19)15(20)10-13(11)18(23)25/h3-6,8-10H,2,7H2,1H3,(H,21,22,24). The van der Waals surface area contributed by atoms with E-state index in [4.69, 9.17) is 0 Å². The Bertz CT molecular complexity index is 1000. The number of amides is 1. The maximum atomic E-state index is 13.5. The molecule has 3 rings (SSSR count). The van der Waals surface area contributed by atoms with Gasteiger partial charge in [-0.3, -0.25) is 14.6 Å². The smallest absolute Gasteiger partial charge is 0.272 e. The number of hydrogen-bond donors (Lipinski definition) is 1. The summed E-state index contributed by atoms with van der Waals surface area (Å²) in [7, 11) is 0. The minimum absolute atomic E-state index is 0.0350. The number of pyridine rings is 2. The molecule has 2 aromatic heterocycles. The van der Waals surface area contributed by atoms with E-state index in [1.165, 1.54) is 23.0 Å². The number of hydrogen-bond acceptors (Lipinski definition) is 3. The number of carbonyl (C=O) groups excluding carboxylic acids is 1. The Kier molecular flexibility index (Phi) is 4.56. The molecule has 3 aromatic rings. The van der Waals surface area contributed by atoms with E-state index in [2.05, 4.69) is 10.3 Å². The van der Waals surface area contributed by atoms with Gasteiger partial charge in [0.1, 0.15) is 5.69 Å². The maximum Gasteiger partial charge on any atom is 0.272 e. The van der Waals surface area contributed by atoms with E-state index in [-0.39, 0.29) is 23.0 Å². The quantitative estimate of drug-likeness (QED) is 0.790. The molecule has 0 aliphatic rings. The zero-order valence-corrected chi connectivity index (χ0v) is 13.4. The van der Waals surface area contributed by atoms with E-state index < -0.39 is 23.1 Å². The van der Waals surface area contributed by atoms with Crippen LogP contribution in [0.2, 0.25) is 0 Å². The van der Waals surface area contributed by atoms with Crippen molar-refractivity contribution in [1.82, 2.24) is 9.55 Å². The van der Waals surface area contributed by atoms with Crippen molar-refractivity contribution in [2.45, 2.75) is 19.9 Å². The Morgan fingerprint density at radius 3 is 2.52 bits per heavy atom. The summed E-state index contributed by atoms with van der Waals surface area (Å²) in [6, 6.07) is 6.40. The van der Waals surface area contributed by atoms with Gasteiger partial charge in [0.2, 0.25) is 0 Å². The summed E-state index contributed by atoms with van der Waals surface area (Å²) in [4.78, 5) is 29.1. The summed E-state index contributed by atoms with van der Waals surface area (Å²) in [6.45, 7) is 2.14. The molecule has 0 fully saturated rings. The van der Waals surface area contributed by atoms with Crippen molar-refractivity contribution in [3.8, 4) is 0 Å². The van der Waals surface area contributed by atoms with Crippen LogP contribution in [-0.2, 0) is 6.54 Å². The van der Waals surface area contributed by atoms with E-state index in [9.17, 15) is 18.4 Å². The Labute approximate surface area is 141 Å². The van der Waals surface area contributed by atoms with Crippen LogP contribution in [0.3, 0.4) is 0 Å². The van der Waals surface area contributed by atoms with Crippen LogP contribution in [-0.4, -0.2) is 15.5 Å². The lowest BCUT2D eigenvalue weighted by Crippen LogP contribution is -2.29. The van der Waals surface area contributed by atoms with Crippen LogP contribution in [0.1, 0.15) is 23.8 Å². The van der Waals surface area contributed by atoms with Gasteiger partial charge in [-0.1, -0.05) is 6.92 Å². The fourth-order valence-electron chi connectivity index (χ4n) is 2.61. The summed E-state index contributed by atoms with van der Waals surface area (Å²) < 4.78 is 28.3. The molecule has 0 aliphatic carbocycles. The largest absolute Gasteiger partial charge is 0.321 e. The van der Waals surface area contributed by atoms with Crippen molar-refractivity contribution >= 4 is 22.4 Å². The van der Waals surface area contributed by atoms with Gasteiger partial charge < -0.3 is 9.88 Å².